The van der Waals surface area contributed by atoms with E-state index >= 15 is 0 Å². The molecule has 5 nitrogen and oxygen atoms in total. The Kier molecular flexibility index (Phi) is 6.19. The zero-order chi connectivity index (χ0) is 21.5. The van der Waals surface area contributed by atoms with Crippen molar-refractivity contribution >= 4 is 17.5 Å². The highest BCUT2D eigenvalue weighted by atomic mass is 16.3. The summed E-state index contributed by atoms with van der Waals surface area (Å²) in [5.74, 6) is -0.438. The molecule has 0 aromatic carbocycles. The van der Waals surface area contributed by atoms with Gasteiger partial charge in [0, 0.05) is 30.7 Å². The first kappa shape index (κ1) is 21.9. The lowest BCUT2D eigenvalue weighted by Gasteiger charge is -2.45. The van der Waals surface area contributed by atoms with Crippen molar-refractivity contribution in [3.8, 4) is 0 Å². The summed E-state index contributed by atoms with van der Waals surface area (Å²) in [6.45, 7) is 10.4. The summed E-state index contributed by atoms with van der Waals surface area (Å²) in [7, 11) is 0. The lowest BCUT2D eigenvalue weighted by molar-refractivity contribution is -0.145. The van der Waals surface area contributed by atoms with Crippen LogP contribution in [0.3, 0.4) is 0 Å². The molecule has 0 saturated carbocycles. The quantitative estimate of drug-likeness (QED) is 0.549. The average molecular weight is 402 g/mol. The Labute approximate surface area is 174 Å². The van der Waals surface area contributed by atoms with E-state index in [1.54, 1.807) is 0 Å². The molecule has 0 aromatic rings. The fraction of sp³-hybridized carbons (Fsp3) is 0.708. The van der Waals surface area contributed by atoms with Gasteiger partial charge in [-0.1, -0.05) is 44.1 Å². The Morgan fingerprint density at radius 3 is 2.48 bits per heavy atom. The number of aliphatic hydroxyl groups excluding tert-OH is 1. The summed E-state index contributed by atoms with van der Waals surface area (Å²) in [5, 5.41) is 13.4. The first-order valence-corrected chi connectivity index (χ1v) is 11.0. The van der Waals surface area contributed by atoms with Crippen LogP contribution in [0.1, 0.15) is 66.7 Å². The van der Waals surface area contributed by atoms with Gasteiger partial charge in [-0.05, 0) is 44.9 Å². The number of hydrogen-bond acceptors (Lipinski definition) is 4. The minimum absolute atomic E-state index is 0.0435. The highest BCUT2D eigenvalue weighted by Gasteiger charge is 2.65. The van der Waals surface area contributed by atoms with Crippen molar-refractivity contribution < 1.29 is 19.5 Å². The van der Waals surface area contributed by atoms with E-state index in [0.29, 0.717) is 12.3 Å². The van der Waals surface area contributed by atoms with E-state index in [2.05, 4.69) is 39.1 Å². The fourth-order valence-electron chi connectivity index (χ4n) is 5.72. The molecule has 6 atom stereocenters. The third kappa shape index (κ3) is 3.74. The van der Waals surface area contributed by atoms with E-state index < -0.39 is 11.5 Å². The summed E-state index contributed by atoms with van der Waals surface area (Å²) < 4.78 is 0. The summed E-state index contributed by atoms with van der Waals surface area (Å²) in [6, 6.07) is -0.0435. The summed E-state index contributed by atoms with van der Waals surface area (Å²) in [4.78, 5) is 39.4. The van der Waals surface area contributed by atoms with Gasteiger partial charge in [0.1, 0.15) is 17.3 Å². The summed E-state index contributed by atoms with van der Waals surface area (Å²) in [6.07, 6.45) is 4.78. The number of carbonyl (C=O) groups excluding carboxylic acids is 3. The first-order chi connectivity index (χ1) is 13.6. The van der Waals surface area contributed by atoms with Crippen molar-refractivity contribution in [1.29, 1.82) is 0 Å². The smallest absolute Gasteiger partial charge is 0.235 e. The minimum atomic E-state index is -1.15. The molecule has 3 aliphatic rings. The van der Waals surface area contributed by atoms with Crippen LogP contribution in [0, 0.1) is 29.1 Å². The Hall–Kier alpha value is -1.75. The highest BCUT2D eigenvalue weighted by Crippen LogP contribution is 2.55. The molecule has 1 heterocycles. The van der Waals surface area contributed by atoms with Gasteiger partial charge in [0.25, 0.3) is 0 Å². The van der Waals surface area contributed by atoms with Crippen LogP contribution < -0.4 is 5.32 Å². The molecule has 6 unspecified atom stereocenters. The molecule has 1 spiro atoms. The fourth-order valence-corrected chi connectivity index (χ4v) is 5.72. The van der Waals surface area contributed by atoms with Crippen LogP contribution in [-0.4, -0.2) is 34.7 Å². The predicted octanol–water partition coefficient (Wildman–Crippen LogP) is 3.37. The van der Waals surface area contributed by atoms with E-state index in [0.717, 1.165) is 12.0 Å². The number of ketones is 2. The second kappa shape index (κ2) is 8.17. The molecule has 160 valence electrons. The van der Waals surface area contributed by atoms with Crippen molar-refractivity contribution in [2.24, 2.45) is 29.1 Å². The van der Waals surface area contributed by atoms with E-state index in [1.807, 2.05) is 13.0 Å². The molecule has 1 aliphatic heterocycles. The topological polar surface area (TPSA) is 83.5 Å². The Balaban J connectivity index is 2.16. The maximum absolute atomic E-state index is 13.7. The maximum atomic E-state index is 13.7. The SMILES string of the molecule is CC1=CC2C=C(C)C(C)C3C(CC(C)C)NC(=O)C23C(=O)CCC(O)C(=O)CC1. The third-order valence-corrected chi connectivity index (χ3v) is 7.31. The van der Waals surface area contributed by atoms with Crippen molar-refractivity contribution in [1.82, 2.24) is 5.32 Å². The molecule has 5 heteroatoms. The van der Waals surface area contributed by atoms with E-state index in [-0.39, 0.29) is 60.5 Å². The number of nitrogens with one attached hydrogen (secondary N) is 1. The number of aliphatic hydroxyl groups is 1. The highest BCUT2D eigenvalue weighted by molar-refractivity contribution is 6.09. The normalized spacial score (nSPS) is 38.6. The molecule has 2 aliphatic carbocycles. The number of amides is 1. The van der Waals surface area contributed by atoms with Crippen LogP contribution >= 0.6 is 0 Å². The molecule has 0 aromatic heterocycles. The van der Waals surface area contributed by atoms with Gasteiger partial charge in [-0.2, -0.15) is 0 Å². The van der Waals surface area contributed by atoms with E-state index in [9.17, 15) is 19.5 Å². The van der Waals surface area contributed by atoms with Gasteiger partial charge in [-0.25, -0.2) is 0 Å². The monoisotopic (exact) mass is 401 g/mol. The van der Waals surface area contributed by atoms with Crippen LogP contribution in [0.15, 0.2) is 23.3 Å². The second-order valence-electron chi connectivity index (χ2n) is 9.79. The standard InChI is InChI=1S/C24H35NO4/c1-13(2)10-18-22-16(5)15(4)12-17-11-14(3)6-7-19(26)20(27)8-9-21(28)24(17,22)23(29)25-18/h11-13,16-18,20,22,27H,6-10H2,1-5H3,(H,25,29). The average Bonchev–Trinajstić information content (AvgIpc) is 2.93. The minimum Gasteiger partial charge on any atom is -0.385 e. The summed E-state index contributed by atoms with van der Waals surface area (Å²) >= 11 is 0. The van der Waals surface area contributed by atoms with Gasteiger partial charge in [-0.15, -0.1) is 0 Å². The molecule has 2 N–H and O–H groups in total. The van der Waals surface area contributed by atoms with Gasteiger partial charge in [0.15, 0.2) is 5.78 Å². The largest absolute Gasteiger partial charge is 0.385 e. The molecule has 29 heavy (non-hydrogen) atoms. The van der Waals surface area contributed by atoms with Crippen molar-refractivity contribution in [3.63, 3.8) is 0 Å². The Morgan fingerprint density at radius 1 is 1.14 bits per heavy atom. The van der Waals surface area contributed by atoms with E-state index in [4.69, 9.17) is 0 Å². The lowest BCUT2D eigenvalue weighted by Crippen LogP contribution is -2.52. The number of Topliss-reactive ketones (excluding diaryl/α,β-unsaturated/α-hetero) is 2. The molecular weight excluding hydrogens is 366 g/mol. The molecule has 1 amide bonds. The lowest BCUT2D eigenvalue weighted by atomic mass is 9.54. The molecule has 0 radical (unpaired) electrons. The van der Waals surface area contributed by atoms with Gasteiger partial charge >= 0.3 is 0 Å². The Bertz CT molecular complexity index is 765. The maximum Gasteiger partial charge on any atom is 0.235 e. The number of allylic oxidation sites excluding steroid dienone is 4. The molecular formula is C24H35NO4. The number of hydrogen-bond donors (Lipinski definition) is 2. The van der Waals surface area contributed by atoms with E-state index in [1.165, 1.54) is 5.57 Å². The predicted molar refractivity (Wildman–Crippen MR) is 112 cm³/mol. The Morgan fingerprint density at radius 2 is 1.83 bits per heavy atom. The van der Waals surface area contributed by atoms with Crippen LogP contribution in [0.2, 0.25) is 0 Å². The van der Waals surface area contributed by atoms with Crippen LogP contribution in [0.4, 0.5) is 0 Å². The van der Waals surface area contributed by atoms with Gasteiger partial charge in [0.05, 0.1) is 0 Å². The first-order valence-electron chi connectivity index (χ1n) is 11.0. The molecule has 0 bridgehead atoms. The zero-order valence-corrected chi connectivity index (χ0v) is 18.3. The van der Waals surface area contributed by atoms with Gasteiger partial charge in [-0.3, -0.25) is 14.4 Å². The van der Waals surface area contributed by atoms with Gasteiger partial charge in [0.2, 0.25) is 5.91 Å². The van der Waals surface area contributed by atoms with Crippen molar-refractivity contribution in [2.75, 3.05) is 0 Å². The van der Waals surface area contributed by atoms with Crippen LogP contribution in [-0.2, 0) is 14.4 Å². The van der Waals surface area contributed by atoms with Crippen LogP contribution in [0.5, 0.6) is 0 Å². The van der Waals surface area contributed by atoms with Crippen molar-refractivity contribution in [3.05, 3.63) is 23.3 Å². The van der Waals surface area contributed by atoms with Crippen molar-refractivity contribution in [2.45, 2.75) is 78.9 Å². The molecule has 3 rings (SSSR count). The molecule has 1 fully saturated rings. The van der Waals surface area contributed by atoms with Crippen LogP contribution in [0.25, 0.3) is 0 Å². The zero-order valence-electron chi connectivity index (χ0n) is 18.3. The summed E-state index contributed by atoms with van der Waals surface area (Å²) in [5.41, 5.74) is 1.05. The number of rotatable bonds is 2. The molecule has 1 saturated heterocycles. The van der Waals surface area contributed by atoms with Gasteiger partial charge < -0.3 is 10.4 Å². The number of carbonyl (C=O) groups is 3. The second-order valence-corrected chi connectivity index (χ2v) is 9.79. The third-order valence-electron chi connectivity index (χ3n) is 7.31.